The Hall–Kier alpha value is -3.53. The molecule has 0 fully saturated rings. The van der Waals surface area contributed by atoms with Crippen molar-refractivity contribution in [3.63, 3.8) is 0 Å². The minimum absolute atomic E-state index is 0.224. The van der Waals surface area contributed by atoms with Crippen molar-refractivity contribution in [1.82, 2.24) is 29.8 Å². The van der Waals surface area contributed by atoms with E-state index in [4.69, 9.17) is 0 Å². The summed E-state index contributed by atoms with van der Waals surface area (Å²) in [5.41, 5.74) is 3.25. The number of fused-ring (bicyclic) bond motifs is 2. The number of halogens is 1. The van der Waals surface area contributed by atoms with Crippen LogP contribution in [-0.2, 0) is 13.6 Å². The van der Waals surface area contributed by atoms with Crippen molar-refractivity contribution < 1.29 is 9.18 Å². The molecular weight excluding hydrogens is 405 g/mol. The summed E-state index contributed by atoms with van der Waals surface area (Å²) in [6.07, 6.45) is 0. The van der Waals surface area contributed by atoms with Crippen molar-refractivity contribution in [2.45, 2.75) is 20.4 Å². The number of H-pyrrole nitrogens is 1. The second kappa shape index (κ2) is 6.77. The molecule has 5 aromatic rings. The summed E-state index contributed by atoms with van der Waals surface area (Å²) < 4.78 is 16.7. The molecule has 30 heavy (non-hydrogen) atoms. The lowest BCUT2D eigenvalue weighted by Gasteiger charge is -2.03. The Morgan fingerprint density at radius 3 is 2.73 bits per heavy atom. The van der Waals surface area contributed by atoms with Crippen LogP contribution in [0.2, 0.25) is 0 Å². The number of carbonyl (C=O) groups is 1. The summed E-state index contributed by atoms with van der Waals surface area (Å²) in [6, 6.07) is 8.18. The van der Waals surface area contributed by atoms with Crippen LogP contribution >= 0.6 is 11.3 Å². The number of aromatic nitrogens is 6. The van der Waals surface area contributed by atoms with Crippen LogP contribution in [-0.4, -0.2) is 35.7 Å². The number of benzene rings is 1. The molecule has 2 N–H and O–H groups in total. The number of anilines is 1. The van der Waals surface area contributed by atoms with E-state index in [9.17, 15) is 9.18 Å². The second-order valence-electron chi connectivity index (χ2n) is 7.16. The fourth-order valence-electron chi connectivity index (χ4n) is 3.59. The number of aromatic amines is 1. The van der Waals surface area contributed by atoms with Crippen molar-refractivity contribution in [1.29, 1.82) is 0 Å². The van der Waals surface area contributed by atoms with E-state index in [1.165, 1.54) is 23.5 Å². The summed E-state index contributed by atoms with van der Waals surface area (Å²) >= 11 is 1.37. The Morgan fingerprint density at radius 2 is 1.97 bits per heavy atom. The van der Waals surface area contributed by atoms with Crippen LogP contribution in [0.25, 0.3) is 21.3 Å². The number of nitrogens with one attached hydrogen (secondary N) is 2. The van der Waals surface area contributed by atoms with E-state index in [0.717, 1.165) is 32.6 Å². The second-order valence-corrected chi connectivity index (χ2v) is 8.19. The normalized spacial score (nSPS) is 11.6. The number of hydrogen-bond donors (Lipinski definition) is 2. The highest BCUT2D eigenvalue weighted by atomic mass is 32.1. The van der Waals surface area contributed by atoms with Gasteiger partial charge >= 0.3 is 0 Å². The van der Waals surface area contributed by atoms with Gasteiger partial charge < -0.3 is 5.32 Å². The number of carbonyl (C=O) groups excluding carboxylic acids is 1. The molecule has 0 radical (unpaired) electrons. The Kier molecular flexibility index (Phi) is 4.17. The molecule has 0 aliphatic rings. The standard InChI is InChI=1S/C20H18FN7OS/c1-10-14-8-15(19(29)22-17-16-11(2)25-27(3)18(16)24-23-17)30-20(14)28(26-10)9-12-4-6-13(21)7-5-12/h4-8H,9H2,1-3H3,(H2,22,23,24,29). The zero-order chi connectivity index (χ0) is 21.0. The summed E-state index contributed by atoms with van der Waals surface area (Å²) in [5, 5.41) is 20.6. The highest BCUT2D eigenvalue weighted by Gasteiger charge is 2.20. The molecule has 0 aliphatic heterocycles. The van der Waals surface area contributed by atoms with Crippen molar-refractivity contribution >= 4 is 44.3 Å². The summed E-state index contributed by atoms with van der Waals surface area (Å²) in [4.78, 5) is 14.4. The van der Waals surface area contributed by atoms with Gasteiger partial charge in [0.1, 0.15) is 16.5 Å². The smallest absolute Gasteiger partial charge is 0.266 e. The molecule has 0 aliphatic carbocycles. The van der Waals surface area contributed by atoms with Crippen LogP contribution in [0.3, 0.4) is 0 Å². The zero-order valence-electron chi connectivity index (χ0n) is 16.5. The molecule has 0 saturated heterocycles. The number of amides is 1. The molecule has 1 amide bonds. The van der Waals surface area contributed by atoms with Crippen molar-refractivity contribution in [2.75, 3.05) is 5.32 Å². The largest absolute Gasteiger partial charge is 0.306 e. The van der Waals surface area contributed by atoms with Gasteiger partial charge in [-0.1, -0.05) is 12.1 Å². The third kappa shape index (κ3) is 2.96. The molecule has 4 aromatic heterocycles. The van der Waals surface area contributed by atoms with Gasteiger partial charge in [-0.05, 0) is 37.6 Å². The number of nitrogens with zero attached hydrogens (tertiary/aromatic N) is 5. The fourth-order valence-corrected chi connectivity index (χ4v) is 4.65. The average Bonchev–Trinajstić information content (AvgIpc) is 3.44. The third-order valence-corrected chi connectivity index (χ3v) is 6.18. The molecule has 5 rings (SSSR count). The zero-order valence-corrected chi connectivity index (χ0v) is 17.3. The van der Waals surface area contributed by atoms with Crippen LogP contribution in [0.1, 0.15) is 26.6 Å². The lowest BCUT2D eigenvalue weighted by atomic mass is 10.2. The number of aryl methyl sites for hydroxylation is 3. The first-order valence-corrected chi connectivity index (χ1v) is 10.1. The minimum atomic E-state index is -0.271. The number of hydrogen-bond acceptors (Lipinski definition) is 5. The third-order valence-electron chi connectivity index (χ3n) is 5.03. The van der Waals surface area contributed by atoms with E-state index >= 15 is 0 Å². The van der Waals surface area contributed by atoms with Gasteiger partial charge in [0.05, 0.1) is 28.2 Å². The molecule has 10 heteroatoms. The van der Waals surface area contributed by atoms with Gasteiger partial charge in [0.2, 0.25) is 0 Å². The molecule has 0 atom stereocenters. The van der Waals surface area contributed by atoms with E-state index < -0.39 is 0 Å². The summed E-state index contributed by atoms with van der Waals surface area (Å²) in [6.45, 7) is 4.29. The van der Waals surface area contributed by atoms with Gasteiger partial charge in [0.15, 0.2) is 5.65 Å². The van der Waals surface area contributed by atoms with Crippen LogP contribution in [0, 0.1) is 19.7 Å². The number of rotatable bonds is 4. The Labute approximate surface area is 174 Å². The molecule has 0 unspecified atom stereocenters. The van der Waals surface area contributed by atoms with Crippen molar-refractivity contribution in [2.24, 2.45) is 7.05 Å². The van der Waals surface area contributed by atoms with Crippen LogP contribution < -0.4 is 5.32 Å². The molecule has 8 nitrogen and oxygen atoms in total. The van der Waals surface area contributed by atoms with Crippen LogP contribution in [0.15, 0.2) is 30.3 Å². The van der Waals surface area contributed by atoms with Gasteiger partial charge in [-0.2, -0.15) is 15.3 Å². The lowest BCUT2D eigenvalue weighted by molar-refractivity contribution is 0.103. The van der Waals surface area contributed by atoms with Crippen molar-refractivity contribution in [3.05, 3.63) is 58.0 Å². The molecule has 0 spiro atoms. The molecular formula is C20H18FN7OS. The predicted molar refractivity (Wildman–Crippen MR) is 113 cm³/mol. The molecule has 0 bridgehead atoms. The SMILES string of the molecule is Cc1nn(Cc2ccc(F)cc2)c2sc(C(=O)Nc3[nH]nc4c3c(C)nn4C)cc12. The maximum Gasteiger partial charge on any atom is 0.266 e. The molecule has 152 valence electrons. The summed E-state index contributed by atoms with van der Waals surface area (Å²) in [5.74, 6) is 0.0350. The Balaban J connectivity index is 1.45. The first kappa shape index (κ1) is 18.5. The maximum absolute atomic E-state index is 13.2. The van der Waals surface area contributed by atoms with E-state index in [0.29, 0.717) is 22.9 Å². The first-order valence-electron chi connectivity index (χ1n) is 9.31. The van der Waals surface area contributed by atoms with E-state index in [2.05, 4.69) is 25.7 Å². The monoisotopic (exact) mass is 423 g/mol. The topological polar surface area (TPSA) is 93.4 Å². The Bertz CT molecular complexity index is 1410. The molecule has 0 saturated carbocycles. The van der Waals surface area contributed by atoms with Gasteiger partial charge in [-0.15, -0.1) is 11.3 Å². The quantitative estimate of drug-likeness (QED) is 0.460. The van der Waals surface area contributed by atoms with Crippen LogP contribution in [0.5, 0.6) is 0 Å². The highest BCUT2D eigenvalue weighted by Crippen LogP contribution is 2.30. The van der Waals surface area contributed by atoms with E-state index in [1.807, 2.05) is 31.6 Å². The number of thiophene rings is 1. The highest BCUT2D eigenvalue weighted by molar-refractivity contribution is 7.20. The summed E-state index contributed by atoms with van der Waals surface area (Å²) in [7, 11) is 1.81. The van der Waals surface area contributed by atoms with Crippen LogP contribution in [0.4, 0.5) is 10.2 Å². The first-order chi connectivity index (χ1) is 14.4. The molecule has 1 aromatic carbocycles. The van der Waals surface area contributed by atoms with Crippen molar-refractivity contribution in [3.8, 4) is 0 Å². The fraction of sp³-hybridized carbons (Fsp3) is 0.200. The van der Waals surface area contributed by atoms with Gasteiger partial charge in [-0.25, -0.2) is 9.07 Å². The minimum Gasteiger partial charge on any atom is -0.306 e. The Morgan fingerprint density at radius 1 is 1.20 bits per heavy atom. The predicted octanol–water partition coefficient (Wildman–Crippen LogP) is 3.76. The lowest BCUT2D eigenvalue weighted by Crippen LogP contribution is -2.11. The maximum atomic E-state index is 13.2. The van der Waals surface area contributed by atoms with Gasteiger partial charge in [0, 0.05) is 12.4 Å². The van der Waals surface area contributed by atoms with Gasteiger partial charge in [0.25, 0.3) is 5.91 Å². The van der Waals surface area contributed by atoms with Gasteiger partial charge in [-0.3, -0.25) is 14.6 Å². The molecule has 4 heterocycles. The van der Waals surface area contributed by atoms with E-state index in [1.54, 1.807) is 16.8 Å². The van der Waals surface area contributed by atoms with E-state index in [-0.39, 0.29) is 11.7 Å². The average molecular weight is 423 g/mol.